The predicted octanol–water partition coefficient (Wildman–Crippen LogP) is 2.36. The maximum absolute atomic E-state index is 13.7. The van der Waals surface area contributed by atoms with Crippen molar-refractivity contribution in [3.8, 4) is 0 Å². The Kier molecular flexibility index (Phi) is 5.52. The Morgan fingerprint density at radius 1 is 1.18 bits per heavy atom. The molecule has 0 aliphatic rings. The minimum absolute atomic E-state index is 0.116. The number of aliphatic hydroxyl groups is 1. The molecule has 0 aliphatic carbocycles. The van der Waals surface area contributed by atoms with Crippen LogP contribution in [0.15, 0.2) is 53.4 Å². The first-order valence-corrected chi connectivity index (χ1v) is 8.40. The lowest BCUT2D eigenvalue weighted by Gasteiger charge is -2.17. The summed E-state index contributed by atoms with van der Waals surface area (Å²) >= 11 is 5.71. The lowest BCUT2D eigenvalue weighted by Crippen LogP contribution is -2.39. The maximum atomic E-state index is 13.7. The number of hydrogen-bond donors (Lipinski definition) is 2. The first kappa shape index (κ1) is 16.9. The Morgan fingerprint density at radius 3 is 2.50 bits per heavy atom. The third-order valence-corrected chi connectivity index (χ3v) is 4.82. The van der Waals surface area contributed by atoms with E-state index in [1.54, 1.807) is 0 Å². The van der Waals surface area contributed by atoms with Crippen LogP contribution in [0, 0.1) is 5.82 Å². The number of nitrogens with one attached hydrogen (secondary N) is 1. The second kappa shape index (κ2) is 7.19. The topological polar surface area (TPSA) is 66.4 Å². The number of sulfonamides is 1. The van der Waals surface area contributed by atoms with Crippen molar-refractivity contribution in [2.24, 2.45) is 0 Å². The minimum Gasteiger partial charge on any atom is -0.395 e. The summed E-state index contributed by atoms with van der Waals surface area (Å²) in [4.78, 5) is -0.536. The second-order valence-electron chi connectivity index (χ2n) is 4.77. The van der Waals surface area contributed by atoms with Gasteiger partial charge in [-0.1, -0.05) is 41.9 Å². The zero-order chi connectivity index (χ0) is 16.2. The largest absolute Gasteiger partial charge is 0.395 e. The molecule has 0 aromatic heterocycles. The van der Waals surface area contributed by atoms with Gasteiger partial charge in [-0.3, -0.25) is 0 Å². The van der Waals surface area contributed by atoms with Gasteiger partial charge in [0.1, 0.15) is 10.7 Å². The number of benzene rings is 2. The molecule has 2 aromatic carbocycles. The molecule has 0 saturated carbocycles. The van der Waals surface area contributed by atoms with Crippen LogP contribution in [0.3, 0.4) is 0 Å². The summed E-state index contributed by atoms with van der Waals surface area (Å²) in [6.07, 6.45) is 0.290. The summed E-state index contributed by atoms with van der Waals surface area (Å²) < 4.78 is 40.5. The van der Waals surface area contributed by atoms with E-state index < -0.39 is 33.4 Å². The van der Waals surface area contributed by atoms with Gasteiger partial charge in [-0.05, 0) is 30.2 Å². The van der Waals surface area contributed by atoms with Crippen molar-refractivity contribution in [3.05, 3.63) is 64.9 Å². The number of aliphatic hydroxyl groups excluding tert-OH is 1. The van der Waals surface area contributed by atoms with E-state index in [2.05, 4.69) is 4.72 Å². The highest BCUT2D eigenvalue weighted by Crippen LogP contribution is 2.20. The predicted molar refractivity (Wildman–Crippen MR) is 82.8 cm³/mol. The monoisotopic (exact) mass is 343 g/mol. The molecule has 2 aromatic rings. The molecule has 0 spiro atoms. The van der Waals surface area contributed by atoms with Crippen molar-refractivity contribution < 1.29 is 17.9 Å². The molecular weight excluding hydrogens is 329 g/mol. The molecule has 0 saturated heterocycles. The maximum Gasteiger partial charge on any atom is 0.243 e. The fourth-order valence-corrected chi connectivity index (χ4v) is 3.58. The van der Waals surface area contributed by atoms with Crippen LogP contribution in [-0.2, 0) is 16.4 Å². The Bertz CT molecular complexity index is 738. The van der Waals surface area contributed by atoms with E-state index in [9.17, 15) is 17.9 Å². The highest BCUT2D eigenvalue weighted by molar-refractivity contribution is 7.89. The fraction of sp³-hybridized carbons (Fsp3) is 0.200. The van der Waals surface area contributed by atoms with Gasteiger partial charge in [-0.15, -0.1) is 0 Å². The van der Waals surface area contributed by atoms with Crippen LogP contribution < -0.4 is 4.72 Å². The summed E-state index contributed by atoms with van der Waals surface area (Å²) in [5.41, 5.74) is 0.857. The molecule has 0 amide bonds. The van der Waals surface area contributed by atoms with E-state index in [0.717, 1.165) is 17.7 Å². The Labute approximate surface area is 133 Å². The van der Waals surface area contributed by atoms with E-state index in [-0.39, 0.29) is 5.02 Å². The molecule has 7 heteroatoms. The molecule has 0 bridgehead atoms. The van der Waals surface area contributed by atoms with Crippen LogP contribution in [0.25, 0.3) is 0 Å². The molecule has 0 radical (unpaired) electrons. The summed E-state index contributed by atoms with van der Waals surface area (Å²) in [6, 6.07) is 11.6. The Balaban J connectivity index is 2.20. The molecule has 2 N–H and O–H groups in total. The molecule has 4 nitrogen and oxygen atoms in total. The summed E-state index contributed by atoms with van der Waals surface area (Å²) in [6.45, 7) is -0.406. The van der Waals surface area contributed by atoms with Gasteiger partial charge in [0.05, 0.1) is 6.61 Å². The minimum atomic E-state index is -4.11. The fourth-order valence-electron chi connectivity index (χ4n) is 2.01. The van der Waals surface area contributed by atoms with Gasteiger partial charge in [-0.2, -0.15) is 0 Å². The lowest BCUT2D eigenvalue weighted by atomic mass is 10.1. The SMILES string of the molecule is O=S(=O)(N[C@@H](CO)Cc1ccccc1)c1cc(Cl)ccc1F. The number of halogens is 2. The third kappa shape index (κ3) is 4.27. The highest BCUT2D eigenvalue weighted by atomic mass is 35.5. The van der Waals surface area contributed by atoms with E-state index in [0.29, 0.717) is 6.42 Å². The van der Waals surface area contributed by atoms with Crippen LogP contribution >= 0.6 is 11.6 Å². The van der Waals surface area contributed by atoms with Gasteiger partial charge in [0.25, 0.3) is 0 Å². The Hall–Kier alpha value is -1.47. The van der Waals surface area contributed by atoms with E-state index >= 15 is 0 Å². The molecule has 0 fully saturated rings. The smallest absolute Gasteiger partial charge is 0.243 e. The summed E-state index contributed by atoms with van der Waals surface area (Å²) in [5.74, 6) is -0.895. The van der Waals surface area contributed by atoms with E-state index in [4.69, 9.17) is 11.6 Å². The average molecular weight is 344 g/mol. The summed E-state index contributed by atoms with van der Waals surface area (Å²) in [5, 5.41) is 9.49. The van der Waals surface area contributed by atoms with Crippen molar-refractivity contribution in [2.45, 2.75) is 17.4 Å². The van der Waals surface area contributed by atoms with E-state index in [1.807, 2.05) is 30.3 Å². The Morgan fingerprint density at radius 2 is 1.86 bits per heavy atom. The van der Waals surface area contributed by atoms with Crippen molar-refractivity contribution >= 4 is 21.6 Å². The van der Waals surface area contributed by atoms with Crippen LogP contribution in [0.4, 0.5) is 4.39 Å². The van der Waals surface area contributed by atoms with Crippen LogP contribution in [0.5, 0.6) is 0 Å². The second-order valence-corrected chi connectivity index (χ2v) is 6.88. The molecule has 0 unspecified atom stereocenters. The van der Waals surface area contributed by atoms with Crippen molar-refractivity contribution in [3.63, 3.8) is 0 Å². The molecule has 0 aliphatic heterocycles. The first-order chi connectivity index (χ1) is 10.4. The van der Waals surface area contributed by atoms with Gasteiger partial charge in [0, 0.05) is 11.1 Å². The van der Waals surface area contributed by atoms with Crippen LogP contribution in [0.1, 0.15) is 5.56 Å². The molecule has 22 heavy (non-hydrogen) atoms. The number of hydrogen-bond acceptors (Lipinski definition) is 3. The highest BCUT2D eigenvalue weighted by Gasteiger charge is 2.23. The van der Waals surface area contributed by atoms with Crippen LogP contribution in [0.2, 0.25) is 5.02 Å². The quantitative estimate of drug-likeness (QED) is 0.846. The van der Waals surface area contributed by atoms with E-state index in [1.165, 1.54) is 6.07 Å². The third-order valence-electron chi connectivity index (χ3n) is 3.05. The van der Waals surface area contributed by atoms with Gasteiger partial charge >= 0.3 is 0 Å². The lowest BCUT2D eigenvalue weighted by molar-refractivity contribution is 0.256. The van der Waals surface area contributed by atoms with Crippen LogP contribution in [-0.4, -0.2) is 26.2 Å². The zero-order valence-corrected chi connectivity index (χ0v) is 13.1. The van der Waals surface area contributed by atoms with Gasteiger partial charge in [0.2, 0.25) is 10.0 Å². The first-order valence-electron chi connectivity index (χ1n) is 6.54. The average Bonchev–Trinajstić information content (AvgIpc) is 2.49. The van der Waals surface area contributed by atoms with Gasteiger partial charge in [0.15, 0.2) is 0 Å². The number of rotatable bonds is 6. The summed E-state index contributed by atoms with van der Waals surface area (Å²) in [7, 11) is -4.11. The molecule has 2 rings (SSSR count). The van der Waals surface area contributed by atoms with Crippen molar-refractivity contribution in [1.82, 2.24) is 4.72 Å². The molecular formula is C15H15ClFNO3S. The van der Waals surface area contributed by atoms with Crippen molar-refractivity contribution in [2.75, 3.05) is 6.61 Å². The van der Waals surface area contributed by atoms with Gasteiger partial charge < -0.3 is 5.11 Å². The zero-order valence-electron chi connectivity index (χ0n) is 11.5. The normalized spacial score (nSPS) is 13.0. The van der Waals surface area contributed by atoms with Gasteiger partial charge in [-0.25, -0.2) is 17.5 Å². The van der Waals surface area contributed by atoms with Crippen molar-refractivity contribution in [1.29, 1.82) is 0 Å². The standard InChI is InChI=1S/C15H15ClFNO3S/c16-12-6-7-14(17)15(9-12)22(20,21)18-13(10-19)8-11-4-2-1-3-5-11/h1-7,9,13,18-19H,8,10H2/t13-/m1/s1. The molecule has 1 atom stereocenters. The molecule has 118 valence electrons. The molecule has 0 heterocycles.